The van der Waals surface area contributed by atoms with Gasteiger partial charge in [-0.25, -0.2) is 9.48 Å². The SMILES string of the molecule is CC(C)(C)OC(=O)Nc1ncnn1CC(=O)O. The Labute approximate surface area is 97.6 Å². The summed E-state index contributed by atoms with van der Waals surface area (Å²) in [5.74, 6) is -1.05. The van der Waals surface area contributed by atoms with E-state index in [4.69, 9.17) is 9.84 Å². The molecule has 0 unspecified atom stereocenters. The summed E-state index contributed by atoms with van der Waals surface area (Å²) >= 11 is 0. The van der Waals surface area contributed by atoms with Crippen molar-refractivity contribution in [2.45, 2.75) is 32.9 Å². The van der Waals surface area contributed by atoms with Crippen molar-refractivity contribution in [1.82, 2.24) is 14.8 Å². The van der Waals surface area contributed by atoms with Crippen LogP contribution in [0.4, 0.5) is 10.7 Å². The lowest BCUT2D eigenvalue weighted by molar-refractivity contribution is -0.137. The van der Waals surface area contributed by atoms with Crippen LogP contribution in [0.15, 0.2) is 6.33 Å². The van der Waals surface area contributed by atoms with E-state index >= 15 is 0 Å². The highest BCUT2D eigenvalue weighted by atomic mass is 16.6. The van der Waals surface area contributed by atoms with Gasteiger partial charge in [0, 0.05) is 0 Å². The molecule has 0 radical (unpaired) electrons. The molecule has 1 amide bonds. The number of anilines is 1. The number of aliphatic carboxylic acids is 1. The quantitative estimate of drug-likeness (QED) is 0.808. The Morgan fingerprint density at radius 1 is 1.53 bits per heavy atom. The van der Waals surface area contributed by atoms with E-state index in [1.807, 2.05) is 0 Å². The fraction of sp³-hybridized carbons (Fsp3) is 0.556. The van der Waals surface area contributed by atoms with Crippen LogP contribution in [-0.4, -0.2) is 37.5 Å². The number of hydrogen-bond donors (Lipinski definition) is 2. The number of carboxylic acids is 1. The largest absolute Gasteiger partial charge is 0.480 e. The number of nitrogens with zero attached hydrogens (tertiary/aromatic N) is 3. The molecule has 1 heterocycles. The fourth-order valence-electron chi connectivity index (χ4n) is 1.000. The highest BCUT2D eigenvalue weighted by Crippen LogP contribution is 2.09. The summed E-state index contributed by atoms with van der Waals surface area (Å²) in [7, 11) is 0. The van der Waals surface area contributed by atoms with Gasteiger partial charge < -0.3 is 9.84 Å². The van der Waals surface area contributed by atoms with Crippen molar-refractivity contribution in [2.75, 3.05) is 5.32 Å². The zero-order valence-corrected chi connectivity index (χ0v) is 9.80. The Bertz CT molecular complexity index is 421. The van der Waals surface area contributed by atoms with E-state index < -0.39 is 17.7 Å². The molecular formula is C9H14N4O4. The van der Waals surface area contributed by atoms with Gasteiger partial charge in [0.1, 0.15) is 18.5 Å². The van der Waals surface area contributed by atoms with E-state index in [0.29, 0.717) is 0 Å². The van der Waals surface area contributed by atoms with Crippen molar-refractivity contribution >= 4 is 18.0 Å². The average molecular weight is 242 g/mol. The molecule has 8 heteroatoms. The number of rotatable bonds is 3. The zero-order chi connectivity index (χ0) is 13.1. The molecule has 8 nitrogen and oxygen atoms in total. The summed E-state index contributed by atoms with van der Waals surface area (Å²) < 4.78 is 6.04. The molecule has 0 aliphatic carbocycles. The molecule has 1 aromatic rings. The Morgan fingerprint density at radius 2 is 2.18 bits per heavy atom. The number of nitrogens with one attached hydrogen (secondary N) is 1. The van der Waals surface area contributed by atoms with E-state index in [9.17, 15) is 9.59 Å². The lowest BCUT2D eigenvalue weighted by Crippen LogP contribution is -2.28. The Kier molecular flexibility index (Phi) is 3.66. The minimum Gasteiger partial charge on any atom is -0.480 e. The van der Waals surface area contributed by atoms with E-state index in [1.165, 1.54) is 0 Å². The van der Waals surface area contributed by atoms with Crippen LogP contribution in [0, 0.1) is 0 Å². The minimum atomic E-state index is -1.08. The number of aromatic nitrogens is 3. The zero-order valence-electron chi connectivity index (χ0n) is 9.80. The van der Waals surface area contributed by atoms with Gasteiger partial charge in [-0.15, -0.1) is 0 Å². The molecule has 0 aromatic carbocycles. The molecule has 0 saturated heterocycles. The third-order valence-corrected chi connectivity index (χ3v) is 1.51. The van der Waals surface area contributed by atoms with Crippen LogP contribution in [0.5, 0.6) is 0 Å². The third kappa shape index (κ3) is 4.49. The first-order chi connectivity index (χ1) is 7.78. The summed E-state index contributed by atoms with van der Waals surface area (Å²) in [6.45, 7) is 4.77. The third-order valence-electron chi connectivity index (χ3n) is 1.51. The van der Waals surface area contributed by atoms with Gasteiger partial charge >= 0.3 is 12.1 Å². The van der Waals surface area contributed by atoms with E-state index in [1.54, 1.807) is 20.8 Å². The molecule has 0 spiro atoms. The van der Waals surface area contributed by atoms with E-state index in [2.05, 4.69) is 15.4 Å². The Balaban J connectivity index is 2.65. The van der Waals surface area contributed by atoms with Crippen molar-refractivity contribution < 1.29 is 19.4 Å². The summed E-state index contributed by atoms with van der Waals surface area (Å²) in [5.41, 5.74) is -0.637. The van der Waals surface area contributed by atoms with Gasteiger partial charge in [-0.05, 0) is 20.8 Å². The van der Waals surface area contributed by atoms with Gasteiger partial charge in [-0.1, -0.05) is 0 Å². The van der Waals surface area contributed by atoms with Gasteiger partial charge in [0.15, 0.2) is 0 Å². The molecule has 0 fully saturated rings. The monoisotopic (exact) mass is 242 g/mol. The smallest absolute Gasteiger partial charge is 0.414 e. The molecule has 17 heavy (non-hydrogen) atoms. The number of carboxylic acid groups (broad SMARTS) is 1. The molecule has 0 bridgehead atoms. The standard InChI is InChI=1S/C9H14N4O4/c1-9(2,3)17-8(16)12-7-10-5-11-13(7)4-6(14)15/h5H,4H2,1-3H3,(H,14,15)(H,10,11,12,16). The molecule has 94 valence electrons. The number of hydrogen-bond acceptors (Lipinski definition) is 5. The van der Waals surface area contributed by atoms with Gasteiger partial charge in [0.25, 0.3) is 0 Å². The molecule has 0 aliphatic rings. The van der Waals surface area contributed by atoms with Gasteiger partial charge in [0.2, 0.25) is 5.95 Å². The van der Waals surface area contributed by atoms with Crippen LogP contribution in [-0.2, 0) is 16.1 Å². The van der Waals surface area contributed by atoms with Crippen LogP contribution in [0.1, 0.15) is 20.8 Å². The van der Waals surface area contributed by atoms with Crippen molar-refractivity contribution in [3.05, 3.63) is 6.33 Å². The van der Waals surface area contributed by atoms with Gasteiger partial charge in [-0.3, -0.25) is 10.1 Å². The Morgan fingerprint density at radius 3 is 2.71 bits per heavy atom. The van der Waals surface area contributed by atoms with Gasteiger partial charge in [0.05, 0.1) is 0 Å². The van der Waals surface area contributed by atoms with Crippen LogP contribution < -0.4 is 5.32 Å². The number of ether oxygens (including phenoxy) is 1. The first kappa shape index (κ1) is 12.9. The van der Waals surface area contributed by atoms with E-state index in [0.717, 1.165) is 11.0 Å². The molecule has 0 aliphatic heterocycles. The highest BCUT2D eigenvalue weighted by molar-refractivity contribution is 5.82. The summed E-state index contributed by atoms with van der Waals surface area (Å²) in [5, 5.41) is 14.6. The minimum absolute atomic E-state index is 0.0293. The average Bonchev–Trinajstić information content (AvgIpc) is 2.47. The summed E-state index contributed by atoms with van der Waals surface area (Å²) in [4.78, 5) is 25.6. The van der Waals surface area contributed by atoms with Crippen LogP contribution >= 0.6 is 0 Å². The van der Waals surface area contributed by atoms with E-state index in [-0.39, 0.29) is 12.5 Å². The van der Waals surface area contributed by atoms with Crippen LogP contribution in [0.3, 0.4) is 0 Å². The summed E-state index contributed by atoms with van der Waals surface area (Å²) in [6, 6.07) is 0. The lowest BCUT2D eigenvalue weighted by atomic mass is 10.2. The molecule has 0 atom stereocenters. The maximum absolute atomic E-state index is 11.4. The predicted molar refractivity (Wildman–Crippen MR) is 57.5 cm³/mol. The second-order valence-electron chi connectivity index (χ2n) is 4.26. The van der Waals surface area contributed by atoms with Crippen molar-refractivity contribution in [3.63, 3.8) is 0 Å². The Hall–Kier alpha value is -2.12. The maximum Gasteiger partial charge on any atom is 0.414 e. The maximum atomic E-state index is 11.4. The normalized spacial score (nSPS) is 11.0. The lowest BCUT2D eigenvalue weighted by Gasteiger charge is -2.19. The number of carbonyl (C=O) groups excluding carboxylic acids is 1. The first-order valence-corrected chi connectivity index (χ1v) is 4.87. The second kappa shape index (κ2) is 4.81. The number of amides is 1. The van der Waals surface area contributed by atoms with Crippen LogP contribution in [0.2, 0.25) is 0 Å². The highest BCUT2D eigenvalue weighted by Gasteiger charge is 2.18. The topological polar surface area (TPSA) is 106 Å². The molecule has 1 aromatic heterocycles. The molecule has 2 N–H and O–H groups in total. The molecular weight excluding hydrogens is 228 g/mol. The molecule has 1 rings (SSSR count). The molecule has 0 saturated carbocycles. The first-order valence-electron chi connectivity index (χ1n) is 4.87. The van der Waals surface area contributed by atoms with Gasteiger partial charge in [-0.2, -0.15) is 10.1 Å². The van der Waals surface area contributed by atoms with Crippen molar-refractivity contribution in [1.29, 1.82) is 0 Å². The predicted octanol–water partition coefficient (Wildman–Crippen LogP) is 0.710. The van der Waals surface area contributed by atoms with Crippen molar-refractivity contribution in [2.24, 2.45) is 0 Å². The summed E-state index contributed by atoms with van der Waals surface area (Å²) in [6.07, 6.45) is 0.437. The fourth-order valence-corrected chi connectivity index (χ4v) is 1.000. The second-order valence-corrected chi connectivity index (χ2v) is 4.26. The van der Waals surface area contributed by atoms with Crippen LogP contribution in [0.25, 0.3) is 0 Å². The number of carbonyl (C=O) groups is 2. The van der Waals surface area contributed by atoms with Crippen molar-refractivity contribution in [3.8, 4) is 0 Å².